The number of carboxylic acid groups (broad SMARTS) is 1. The molecule has 1 saturated heterocycles. The third kappa shape index (κ3) is 4.68. The van der Waals surface area contributed by atoms with Gasteiger partial charge in [0.2, 0.25) is 0 Å². The van der Waals surface area contributed by atoms with Gasteiger partial charge < -0.3 is 9.53 Å². The minimum atomic E-state index is -1.96. The highest BCUT2D eigenvalue weighted by Gasteiger charge is 2.43. The number of hydrogen-bond acceptors (Lipinski definition) is 3. The number of carboxylic acids is 1. The van der Waals surface area contributed by atoms with Crippen molar-refractivity contribution in [3.8, 4) is 0 Å². The first-order chi connectivity index (χ1) is 11.1. The summed E-state index contributed by atoms with van der Waals surface area (Å²) in [6.07, 6.45) is 0.617. The fraction of sp³-hybridized carbons (Fsp3) is 0.632. The van der Waals surface area contributed by atoms with Crippen LogP contribution in [0.25, 0.3) is 0 Å². The Balaban J connectivity index is 2.05. The molecule has 0 radical (unpaired) electrons. The van der Waals surface area contributed by atoms with E-state index in [1.807, 2.05) is 18.2 Å². The van der Waals surface area contributed by atoms with E-state index >= 15 is 0 Å². The molecule has 0 aromatic heterocycles. The third-order valence-electron chi connectivity index (χ3n) is 5.45. The number of aliphatic carboxylic acids is 1. The zero-order chi connectivity index (χ0) is 18.0. The van der Waals surface area contributed by atoms with Crippen molar-refractivity contribution in [2.45, 2.75) is 58.0 Å². The first-order valence-electron chi connectivity index (χ1n) is 8.77. The van der Waals surface area contributed by atoms with Crippen molar-refractivity contribution in [3.63, 3.8) is 0 Å². The number of carbonyl (C=O) groups is 1. The van der Waals surface area contributed by atoms with E-state index in [0.717, 1.165) is 19.5 Å². The van der Waals surface area contributed by atoms with Crippen molar-refractivity contribution in [1.29, 1.82) is 0 Å². The number of hydrogen-bond donors (Lipinski definition) is 1. The third-order valence-corrected chi connectivity index (χ3v) is 9.96. The van der Waals surface area contributed by atoms with Crippen LogP contribution in [-0.4, -0.2) is 43.5 Å². The minimum absolute atomic E-state index is 0.0945. The van der Waals surface area contributed by atoms with Crippen molar-refractivity contribution in [2.24, 2.45) is 5.92 Å². The summed E-state index contributed by atoms with van der Waals surface area (Å²) in [5.74, 6) is -1.19. The van der Waals surface area contributed by atoms with Gasteiger partial charge in [0.05, 0.1) is 12.0 Å². The highest BCUT2D eigenvalue weighted by molar-refractivity contribution is 6.74. The SMILES string of the molecule is CC(C)(C)[Si](C)(C)O[C@@H]1CCN(Cc2ccccc2)C[C@H]1C(=O)O. The largest absolute Gasteiger partial charge is 0.481 e. The maximum atomic E-state index is 11.8. The molecule has 24 heavy (non-hydrogen) atoms. The average Bonchev–Trinajstić information content (AvgIpc) is 2.48. The molecule has 0 saturated carbocycles. The Hall–Kier alpha value is -1.17. The Kier molecular flexibility index (Phi) is 5.89. The summed E-state index contributed by atoms with van der Waals surface area (Å²) in [5, 5.41) is 9.80. The summed E-state index contributed by atoms with van der Waals surface area (Å²) in [5.41, 5.74) is 1.23. The van der Waals surface area contributed by atoms with Crippen LogP contribution in [0, 0.1) is 5.92 Å². The first-order valence-corrected chi connectivity index (χ1v) is 11.7. The van der Waals surface area contributed by atoms with Gasteiger partial charge >= 0.3 is 5.97 Å². The van der Waals surface area contributed by atoms with E-state index in [0.29, 0.717) is 6.54 Å². The van der Waals surface area contributed by atoms with Crippen LogP contribution in [0.15, 0.2) is 30.3 Å². The molecule has 1 aliphatic heterocycles. The van der Waals surface area contributed by atoms with Crippen molar-refractivity contribution in [3.05, 3.63) is 35.9 Å². The summed E-state index contributed by atoms with van der Waals surface area (Å²) in [6.45, 7) is 13.2. The quantitative estimate of drug-likeness (QED) is 0.817. The summed E-state index contributed by atoms with van der Waals surface area (Å²) in [6, 6.07) is 10.2. The number of benzene rings is 1. The molecule has 2 atom stereocenters. The van der Waals surface area contributed by atoms with Crippen LogP contribution in [0.5, 0.6) is 0 Å². The van der Waals surface area contributed by atoms with Gasteiger partial charge in [-0.1, -0.05) is 51.1 Å². The zero-order valence-corrected chi connectivity index (χ0v) is 16.6. The average molecular weight is 350 g/mol. The second-order valence-corrected chi connectivity index (χ2v) is 13.1. The molecule has 0 unspecified atom stereocenters. The van der Waals surface area contributed by atoms with E-state index in [1.165, 1.54) is 5.56 Å². The molecule has 1 fully saturated rings. The lowest BCUT2D eigenvalue weighted by atomic mass is 9.94. The monoisotopic (exact) mass is 349 g/mol. The lowest BCUT2D eigenvalue weighted by molar-refractivity contribution is -0.148. The topological polar surface area (TPSA) is 49.8 Å². The van der Waals surface area contributed by atoms with Crippen LogP contribution < -0.4 is 0 Å². The number of rotatable bonds is 5. The van der Waals surface area contributed by atoms with Gasteiger partial charge in [-0.05, 0) is 30.1 Å². The fourth-order valence-electron chi connectivity index (χ4n) is 2.92. The van der Waals surface area contributed by atoms with Gasteiger partial charge in [-0.2, -0.15) is 0 Å². The van der Waals surface area contributed by atoms with Gasteiger partial charge in [0, 0.05) is 19.6 Å². The minimum Gasteiger partial charge on any atom is -0.481 e. The lowest BCUT2D eigenvalue weighted by Crippen LogP contribution is -2.53. The second kappa shape index (κ2) is 7.38. The molecule has 0 aliphatic carbocycles. The number of likely N-dealkylation sites (tertiary alicyclic amines) is 1. The molecule has 1 heterocycles. The van der Waals surface area contributed by atoms with Crippen LogP contribution in [0.3, 0.4) is 0 Å². The molecule has 5 heteroatoms. The van der Waals surface area contributed by atoms with Crippen molar-refractivity contribution < 1.29 is 14.3 Å². The highest BCUT2D eigenvalue weighted by Crippen LogP contribution is 2.39. The Morgan fingerprint density at radius 1 is 1.29 bits per heavy atom. The Morgan fingerprint density at radius 3 is 2.46 bits per heavy atom. The summed E-state index contributed by atoms with van der Waals surface area (Å²) < 4.78 is 6.45. The zero-order valence-electron chi connectivity index (χ0n) is 15.6. The molecule has 1 N–H and O–H groups in total. The smallest absolute Gasteiger partial charge is 0.310 e. The maximum absolute atomic E-state index is 11.8. The molecule has 1 aromatic carbocycles. The molecular formula is C19H31NO3Si. The van der Waals surface area contributed by atoms with Gasteiger partial charge in [0.15, 0.2) is 8.32 Å². The molecule has 0 spiro atoms. The Bertz CT molecular complexity index is 553. The summed E-state index contributed by atoms with van der Waals surface area (Å²) in [7, 11) is -1.96. The standard InChI is InChI=1S/C19H31NO3Si/c1-19(2,3)24(4,5)23-17-11-12-20(14-16(17)18(21)22)13-15-9-7-6-8-10-15/h6-10,16-17H,11-14H2,1-5H3,(H,21,22)/t16-,17-/m1/s1. The highest BCUT2D eigenvalue weighted by atomic mass is 28.4. The van der Waals surface area contributed by atoms with E-state index in [4.69, 9.17) is 4.43 Å². The van der Waals surface area contributed by atoms with Crippen LogP contribution in [0.4, 0.5) is 0 Å². The van der Waals surface area contributed by atoms with E-state index < -0.39 is 20.2 Å². The van der Waals surface area contributed by atoms with Gasteiger partial charge in [0.25, 0.3) is 0 Å². The molecule has 2 rings (SSSR count). The molecule has 1 aliphatic rings. The second-order valence-electron chi connectivity index (χ2n) is 8.37. The van der Waals surface area contributed by atoms with Crippen molar-refractivity contribution in [2.75, 3.05) is 13.1 Å². The van der Waals surface area contributed by atoms with Crippen LogP contribution in [0.1, 0.15) is 32.8 Å². The normalized spacial score (nSPS) is 23.2. The number of piperidine rings is 1. The van der Waals surface area contributed by atoms with Gasteiger partial charge in [-0.15, -0.1) is 0 Å². The van der Waals surface area contributed by atoms with E-state index in [1.54, 1.807) is 0 Å². The van der Waals surface area contributed by atoms with Crippen LogP contribution in [0.2, 0.25) is 18.1 Å². The molecule has 134 valence electrons. The Labute approximate surface area is 147 Å². The molecule has 4 nitrogen and oxygen atoms in total. The van der Waals surface area contributed by atoms with Gasteiger partial charge in [0.1, 0.15) is 0 Å². The fourth-order valence-corrected chi connectivity index (χ4v) is 4.31. The molecule has 0 bridgehead atoms. The van der Waals surface area contributed by atoms with Gasteiger partial charge in [-0.25, -0.2) is 0 Å². The van der Waals surface area contributed by atoms with E-state index in [2.05, 4.69) is 50.9 Å². The van der Waals surface area contributed by atoms with Crippen molar-refractivity contribution in [1.82, 2.24) is 4.90 Å². The maximum Gasteiger partial charge on any atom is 0.310 e. The summed E-state index contributed by atoms with van der Waals surface area (Å²) >= 11 is 0. The summed E-state index contributed by atoms with van der Waals surface area (Å²) in [4.78, 5) is 14.0. The molecule has 1 aromatic rings. The van der Waals surface area contributed by atoms with Crippen molar-refractivity contribution >= 4 is 14.3 Å². The Morgan fingerprint density at radius 2 is 1.92 bits per heavy atom. The van der Waals surface area contributed by atoms with Crippen LogP contribution >= 0.6 is 0 Å². The lowest BCUT2D eigenvalue weighted by Gasteiger charge is -2.44. The molecular weight excluding hydrogens is 318 g/mol. The predicted molar refractivity (Wildman–Crippen MR) is 99.5 cm³/mol. The van der Waals surface area contributed by atoms with E-state index in [9.17, 15) is 9.90 Å². The van der Waals surface area contributed by atoms with Crippen LogP contribution in [-0.2, 0) is 15.8 Å². The first kappa shape index (κ1) is 19.2. The molecule has 0 amide bonds. The number of nitrogens with zero attached hydrogens (tertiary/aromatic N) is 1. The predicted octanol–water partition coefficient (Wildman–Crippen LogP) is 3.98. The van der Waals surface area contributed by atoms with E-state index in [-0.39, 0.29) is 11.1 Å². The van der Waals surface area contributed by atoms with Gasteiger partial charge in [-0.3, -0.25) is 9.69 Å².